The first-order chi connectivity index (χ1) is 12.3. The molecule has 0 unspecified atom stereocenters. The van der Waals surface area contributed by atoms with Gasteiger partial charge in [-0.3, -0.25) is 19.7 Å². The fourth-order valence-corrected chi connectivity index (χ4v) is 2.38. The van der Waals surface area contributed by atoms with Crippen molar-refractivity contribution in [3.8, 4) is 0 Å². The second-order valence-corrected chi connectivity index (χ2v) is 6.37. The Morgan fingerprint density at radius 3 is 2.62 bits per heavy atom. The van der Waals surface area contributed by atoms with Crippen LogP contribution in [-0.2, 0) is 9.53 Å². The van der Waals surface area contributed by atoms with Crippen LogP contribution in [0.15, 0.2) is 18.2 Å². The minimum atomic E-state index is -0.760. The van der Waals surface area contributed by atoms with Crippen LogP contribution in [0.3, 0.4) is 0 Å². The van der Waals surface area contributed by atoms with Gasteiger partial charge in [-0.05, 0) is 31.4 Å². The summed E-state index contributed by atoms with van der Waals surface area (Å²) in [6, 6.07) is 2.99. The Bertz CT molecular complexity index is 651. The lowest BCUT2D eigenvalue weighted by Crippen LogP contribution is -2.50. The maximum Gasteiger partial charge on any atom is 0.288 e. The molecule has 0 fully saturated rings. The van der Waals surface area contributed by atoms with E-state index >= 15 is 0 Å². The summed E-state index contributed by atoms with van der Waals surface area (Å²) in [5.41, 5.74) is -0.295. The molecule has 9 heteroatoms. The average Bonchev–Trinajstić information content (AvgIpc) is 2.58. The minimum Gasteiger partial charge on any atom is -0.382 e. The Kier molecular flexibility index (Phi) is 9.01. The first-order valence-electron chi connectivity index (χ1n) is 8.38. The van der Waals surface area contributed by atoms with Gasteiger partial charge >= 0.3 is 0 Å². The number of carbonyl (C=O) groups is 2. The molecule has 0 radical (unpaired) electrons. The van der Waals surface area contributed by atoms with Gasteiger partial charge < -0.3 is 15.4 Å². The molecule has 0 spiro atoms. The minimum absolute atomic E-state index is 0.0565. The van der Waals surface area contributed by atoms with Gasteiger partial charge in [0, 0.05) is 31.4 Å². The second-order valence-electron chi connectivity index (χ2n) is 5.96. The third-order valence-electron chi connectivity index (χ3n) is 3.61. The standard InChI is InChI=1S/C17H24ClN3O5/c1-4-26-9-5-8-19-17(23)15(11(2)3)20-16(22)12-6-7-13(18)14(10-12)21(24)25/h6-7,10-11,15H,4-5,8-9H2,1-3H3,(H,19,23)(H,20,22)/t15-/m0/s1. The lowest BCUT2D eigenvalue weighted by atomic mass is 10.0. The van der Waals surface area contributed by atoms with Crippen molar-refractivity contribution in [2.45, 2.75) is 33.2 Å². The molecule has 1 atom stereocenters. The highest BCUT2D eigenvalue weighted by atomic mass is 35.5. The largest absolute Gasteiger partial charge is 0.382 e. The molecule has 26 heavy (non-hydrogen) atoms. The topological polar surface area (TPSA) is 111 Å². The number of carbonyl (C=O) groups excluding carboxylic acids is 2. The number of rotatable bonds is 10. The fraction of sp³-hybridized carbons (Fsp3) is 0.529. The van der Waals surface area contributed by atoms with Crippen LogP contribution in [0.4, 0.5) is 5.69 Å². The summed E-state index contributed by atoms with van der Waals surface area (Å²) in [5.74, 6) is -1.05. The van der Waals surface area contributed by atoms with E-state index < -0.39 is 16.9 Å². The third kappa shape index (κ3) is 6.61. The normalized spacial score (nSPS) is 11.9. The lowest BCUT2D eigenvalue weighted by Gasteiger charge is -2.21. The van der Waals surface area contributed by atoms with E-state index in [1.807, 2.05) is 6.92 Å². The summed E-state index contributed by atoms with van der Waals surface area (Å²) < 4.78 is 5.20. The number of nitrogens with one attached hydrogen (secondary N) is 2. The van der Waals surface area contributed by atoms with Crippen molar-refractivity contribution in [2.75, 3.05) is 19.8 Å². The molecular formula is C17H24ClN3O5. The molecule has 1 aromatic carbocycles. The quantitative estimate of drug-likeness (QED) is 0.365. The van der Waals surface area contributed by atoms with Gasteiger partial charge in [-0.1, -0.05) is 25.4 Å². The zero-order chi connectivity index (χ0) is 19.7. The smallest absolute Gasteiger partial charge is 0.288 e. The van der Waals surface area contributed by atoms with Gasteiger partial charge in [-0.2, -0.15) is 0 Å². The zero-order valence-corrected chi connectivity index (χ0v) is 15.8. The average molecular weight is 386 g/mol. The highest BCUT2D eigenvalue weighted by molar-refractivity contribution is 6.32. The molecule has 0 heterocycles. The Morgan fingerprint density at radius 2 is 2.04 bits per heavy atom. The molecule has 0 aliphatic rings. The van der Waals surface area contributed by atoms with Crippen molar-refractivity contribution in [2.24, 2.45) is 5.92 Å². The molecular weight excluding hydrogens is 362 g/mol. The van der Waals surface area contributed by atoms with E-state index in [1.54, 1.807) is 13.8 Å². The Balaban J connectivity index is 2.74. The van der Waals surface area contributed by atoms with Crippen LogP contribution in [0.25, 0.3) is 0 Å². The number of nitro benzene ring substituents is 1. The van der Waals surface area contributed by atoms with Crippen LogP contribution < -0.4 is 10.6 Å². The predicted octanol–water partition coefficient (Wildman–Crippen LogP) is 2.55. The van der Waals surface area contributed by atoms with E-state index in [4.69, 9.17) is 16.3 Å². The van der Waals surface area contributed by atoms with Crippen LogP contribution in [0.2, 0.25) is 5.02 Å². The van der Waals surface area contributed by atoms with E-state index in [1.165, 1.54) is 12.1 Å². The number of hydrogen-bond donors (Lipinski definition) is 2. The number of ether oxygens (including phenoxy) is 1. The Labute approximate surface area is 157 Å². The van der Waals surface area contributed by atoms with Crippen molar-refractivity contribution in [1.82, 2.24) is 10.6 Å². The van der Waals surface area contributed by atoms with Crippen LogP contribution >= 0.6 is 11.6 Å². The molecule has 0 aliphatic carbocycles. The monoisotopic (exact) mass is 385 g/mol. The van der Waals surface area contributed by atoms with E-state index in [0.29, 0.717) is 26.2 Å². The van der Waals surface area contributed by atoms with Crippen molar-refractivity contribution in [1.29, 1.82) is 0 Å². The summed E-state index contributed by atoms with van der Waals surface area (Å²) in [6.07, 6.45) is 0.668. The van der Waals surface area contributed by atoms with Crippen LogP contribution in [-0.4, -0.2) is 42.5 Å². The summed E-state index contributed by atoms with van der Waals surface area (Å²) >= 11 is 5.75. The maximum absolute atomic E-state index is 12.4. The predicted molar refractivity (Wildman–Crippen MR) is 98.3 cm³/mol. The molecule has 144 valence electrons. The first-order valence-corrected chi connectivity index (χ1v) is 8.76. The van der Waals surface area contributed by atoms with Crippen molar-refractivity contribution >= 4 is 29.1 Å². The van der Waals surface area contributed by atoms with Gasteiger partial charge in [0.1, 0.15) is 11.1 Å². The van der Waals surface area contributed by atoms with Gasteiger partial charge in [0.05, 0.1) is 4.92 Å². The second kappa shape index (κ2) is 10.7. The van der Waals surface area contributed by atoms with Gasteiger partial charge in [0.2, 0.25) is 5.91 Å². The van der Waals surface area contributed by atoms with Gasteiger partial charge in [-0.15, -0.1) is 0 Å². The summed E-state index contributed by atoms with van der Waals surface area (Å²) in [5, 5.41) is 16.3. The molecule has 0 bridgehead atoms. The van der Waals surface area contributed by atoms with Gasteiger partial charge in [0.25, 0.3) is 11.6 Å². The molecule has 0 aromatic heterocycles. The summed E-state index contributed by atoms with van der Waals surface area (Å²) in [4.78, 5) is 35.0. The molecule has 2 amide bonds. The zero-order valence-electron chi connectivity index (χ0n) is 15.1. The number of benzene rings is 1. The van der Waals surface area contributed by atoms with Crippen LogP contribution in [0.1, 0.15) is 37.6 Å². The summed E-state index contributed by atoms with van der Waals surface area (Å²) in [7, 11) is 0. The van der Waals surface area contributed by atoms with E-state index in [9.17, 15) is 19.7 Å². The number of nitrogens with zero attached hydrogens (tertiary/aromatic N) is 1. The van der Waals surface area contributed by atoms with Crippen LogP contribution in [0, 0.1) is 16.0 Å². The summed E-state index contributed by atoms with van der Waals surface area (Å²) in [6.45, 7) is 7.09. The lowest BCUT2D eigenvalue weighted by molar-refractivity contribution is -0.384. The maximum atomic E-state index is 12.4. The molecule has 1 aromatic rings. The molecule has 0 saturated carbocycles. The van der Waals surface area contributed by atoms with Crippen molar-refractivity contribution < 1.29 is 19.2 Å². The molecule has 2 N–H and O–H groups in total. The third-order valence-corrected chi connectivity index (χ3v) is 3.93. The molecule has 0 saturated heterocycles. The SMILES string of the molecule is CCOCCCNC(=O)[C@@H](NC(=O)c1ccc(Cl)c([N+](=O)[O-])c1)C(C)C. The fourth-order valence-electron chi connectivity index (χ4n) is 2.19. The number of nitro groups is 1. The highest BCUT2D eigenvalue weighted by Gasteiger charge is 2.25. The van der Waals surface area contributed by atoms with Gasteiger partial charge in [0.15, 0.2) is 0 Å². The molecule has 1 rings (SSSR count). The Morgan fingerprint density at radius 1 is 1.35 bits per heavy atom. The van der Waals surface area contributed by atoms with E-state index in [2.05, 4.69) is 10.6 Å². The van der Waals surface area contributed by atoms with Crippen molar-refractivity contribution in [3.05, 3.63) is 38.9 Å². The Hall–Kier alpha value is -2.19. The van der Waals surface area contributed by atoms with Gasteiger partial charge in [-0.25, -0.2) is 0 Å². The van der Waals surface area contributed by atoms with E-state index in [-0.39, 0.29) is 28.1 Å². The number of amides is 2. The number of hydrogen-bond acceptors (Lipinski definition) is 5. The number of halogens is 1. The van der Waals surface area contributed by atoms with Crippen LogP contribution in [0.5, 0.6) is 0 Å². The van der Waals surface area contributed by atoms with Crippen molar-refractivity contribution in [3.63, 3.8) is 0 Å². The molecule has 0 aliphatic heterocycles. The highest BCUT2D eigenvalue weighted by Crippen LogP contribution is 2.25. The first kappa shape index (κ1) is 21.9. The molecule has 8 nitrogen and oxygen atoms in total. The van der Waals surface area contributed by atoms with E-state index in [0.717, 1.165) is 6.07 Å².